The van der Waals surface area contributed by atoms with Gasteiger partial charge in [-0.1, -0.05) is 0 Å². The molecule has 4 nitrogen and oxygen atoms in total. The van der Waals surface area contributed by atoms with Gasteiger partial charge < -0.3 is 4.74 Å². The zero-order chi connectivity index (χ0) is 12.4. The maximum Gasteiger partial charge on any atom is 0.414 e. The van der Waals surface area contributed by atoms with E-state index in [0.717, 1.165) is 0 Å². The van der Waals surface area contributed by atoms with Gasteiger partial charge in [-0.3, -0.25) is 9.69 Å². The van der Waals surface area contributed by atoms with Gasteiger partial charge in [-0.25, -0.2) is 4.79 Å². The second-order valence-electron chi connectivity index (χ2n) is 4.28. The molecular formula is C12H15NO3S. The summed E-state index contributed by atoms with van der Waals surface area (Å²) in [5, 5.41) is 3.64. The van der Waals surface area contributed by atoms with Gasteiger partial charge in [-0.05, 0) is 20.3 Å². The van der Waals surface area contributed by atoms with E-state index in [1.165, 1.54) is 11.3 Å². The van der Waals surface area contributed by atoms with Crippen molar-refractivity contribution in [1.82, 2.24) is 0 Å². The number of Topliss-reactive ketones (excluding diaryl/α,β-unsaturated/α-hetero) is 1. The molecule has 2 heterocycles. The van der Waals surface area contributed by atoms with Crippen LogP contribution in [-0.4, -0.2) is 24.5 Å². The van der Waals surface area contributed by atoms with E-state index in [-0.39, 0.29) is 18.0 Å². The topological polar surface area (TPSA) is 46.6 Å². The van der Waals surface area contributed by atoms with E-state index >= 15 is 0 Å². The minimum absolute atomic E-state index is 0.112. The number of carbonyl (C=O) groups is 2. The maximum absolute atomic E-state index is 11.9. The smallest absolute Gasteiger partial charge is 0.414 e. The normalized spacial score (nSPS) is 15.7. The van der Waals surface area contributed by atoms with Gasteiger partial charge in [0, 0.05) is 23.7 Å². The minimum Gasteiger partial charge on any atom is -0.446 e. The third-order valence-corrected chi connectivity index (χ3v) is 3.31. The highest BCUT2D eigenvalue weighted by atomic mass is 32.1. The van der Waals surface area contributed by atoms with Gasteiger partial charge in [0.05, 0.1) is 17.4 Å². The molecule has 0 saturated heterocycles. The van der Waals surface area contributed by atoms with Crippen molar-refractivity contribution in [3.63, 3.8) is 0 Å². The molecule has 0 unspecified atom stereocenters. The number of anilines is 1. The quantitative estimate of drug-likeness (QED) is 0.772. The van der Waals surface area contributed by atoms with Gasteiger partial charge in [0.15, 0.2) is 5.78 Å². The maximum atomic E-state index is 11.9. The zero-order valence-corrected chi connectivity index (χ0v) is 10.8. The van der Waals surface area contributed by atoms with E-state index in [2.05, 4.69) is 0 Å². The summed E-state index contributed by atoms with van der Waals surface area (Å²) in [5.41, 5.74) is 1.34. The van der Waals surface area contributed by atoms with Gasteiger partial charge in [0.2, 0.25) is 0 Å². The van der Waals surface area contributed by atoms with Crippen molar-refractivity contribution in [2.24, 2.45) is 0 Å². The summed E-state index contributed by atoms with van der Waals surface area (Å²) in [5.74, 6) is 0.112. The predicted molar refractivity (Wildman–Crippen MR) is 66.8 cm³/mol. The fourth-order valence-electron chi connectivity index (χ4n) is 1.82. The first-order valence-electron chi connectivity index (χ1n) is 5.67. The van der Waals surface area contributed by atoms with Crippen LogP contribution in [0.2, 0.25) is 0 Å². The number of amides is 1. The van der Waals surface area contributed by atoms with Crippen LogP contribution in [0.15, 0.2) is 10.8 Å². The Balaban J connectivity index is 2.27. The van der Waals surface area contributed by atoms with E-state index in [1.807, 2.05) is 19.2 Å². The molecule has 0 aliphatic carbocycles. The standard InChI is InChI=1S/C12H15NO3S/c1-8(2)16-12(15)13-5-3-4-11(14)9-6-17-7-10(9)13/h6-8H,3-5H2,1-2H3. The average Bonchev–Trinajstić information content (AvgIpc) is 2.66. The Bertz CT molecular complexity index is 439. The minimum atomic E-state index is -0.366. The number of hydrogen-bond acceptors (Lipinski definition) is 4. The summed E-state index contributed by atoms with van der Waals surface area (Å²) >= 11 is 1.44. The molecule has 1 aromatic rings. The Labute approximate surface area is 104 Å². The molecule has 5 heteroatoms. The Morgan fingerprint density at radius 2 is 2.24 bits per heavy atom. The first-order chi connectivity index (χ1) is 8.09. The third kappa shape index (κ3) is 2.49. The first kappa shape index (κ1) is 12.1. The van der Waals surface area contributed by atoms with E-state index < -0.39 is 0 Å². The molecule has 1 aliphatic rings. The van der Waals surface area contributed by atoms with Crippen LogP contribution in [0, 0.1) is 0 Å². The number of fused-ring (bicyclic) bond motifs is 1. The summed E-state index contributed by atoms with van der Waals surface area (Å²) in [6, 6.07) is 0. The third-order valence-electron chi connectivity index (χ3n) is 2.58. The fourth-order valence-corrected chi connectivity index (χ4v) is 2.66. The van der Waals surface area contributed by atoms with Crippen LogP contribution >= 0.6 is 11.3 Å². The van der Waals surface area contributed by atoms with Crippen LogP contribution in [-0.2, 0) is 4.74 Å². The van der Waals surface area contributed by atoms with Crippen LogP contribution in [0.1, 0.15) is 37.0 Å². The van der Waals surface area contributed by atoms with Crippen LogP contribution < -0.4 is 4.90 Å². The molecule has 0 N–H and O–H groups in total. The average molecular weight is 253 g/mol. The number of ether oxygens (including phenoxy) is 1. The zero-order valence-electron chi connectivity index (χ0n) is 9.93. The summed E-state index contributed by atoms with van der Waals surface area (Å²) < 4.78 is 5.19. The van der Waals surface area contributed by atoms with Gasteiger partial charge in [0.25, 0.3) is 0 Å². The molecule has 17 heavy (non-hydrogen) atoms. The van der Waals surface area contributed by atoms with Crippen LogP contribution in [0.5, 0.6) is 0 Å². The van der Waals surface area contributed by atoms with E-state index in [4.69, 9.17) is 4.74 Å². The molecule has 0 atom stereocenters. The van der Waals surface area contributed by atoms with Crippen molar-refractivity contribution in [2.75, 3.05) is 11.4 Å². The molecule has 0 bridgehead atoms. The lowest BCUT2D eigenvalue weighted by Crippen LogP contribution is -2.33. The highest BCUT2D eigenvalue weighted by Crippen LogP contribution is 2.30. The van der Waals surface area contributed by atoms with E-state index in [9.17, 15) is 9.59 Å². The number of thiophene rings is 1. The van der Waals surface area contributed by atoms with Crippen molar-refractivity contribution in [3.8, 4) is 0 Å². The van der Waals surface area contributed by atoms with Crippen molar-refractivity contribution < 1.29 is 14.3 Å². The van der Waals surface area contributed by atoms with Crippen molar-refractivity contribution in [1.29, 1.82) is 0 Å². The molecule has 0 radical (unpaired) electrons. The lowest BCUT2D eigenvalue weighted by atomic mass is 10.1. The Kier molecular flexibility index (Phi) is 3.47. The molecule has 1 amide bonds. The predicted octanol–water partition coefficient (Wildman–Crippen LogP) is 3.08. The first-order valence-corrected chi connectivity index (χ1v) is 6.61. The van der Waals surface area contributed by atoms with Crippen LogP contribution in [0.25, 0.3) is 0 Å². The lowest BCUT2D eigenvalue weighted by molar-refractivity contribution is 0.0983. The highest BCUT2D eigenvalue weighted by molar-refractivity contribution is 7.08. The number of rotatable bonds is 1. The van der Waals surface area contributed by atoms with E-state index in [1.54, 1.807) is 10.3 Å². The molecule has 0 aromatic carbocycles. The second-order valence-corrected chi connectivity index (χ2v) is 5.03. The summed E-state index contributed by atoms with van der Waals surface area (Å²) in [6.45, 7) is 4.17. The lowest BCUT2D eigenvalue weighted by Gasteiger charge is -2.21. The SMILES string of the molecule is CC(C)OC(=O)N1CCCC(=O)c2cscc21. The van der Waals surface area contributed by atoms with Gasteiger partial charge in [-0.2, -0.15) is 0 Å². The number of nitrogens with zero attached hydrogens (tertiary/aromatic N) is 1. The molecular weight excluding hydrogens is 238 g/mol. The second kappa shape index (κ2) is 4.87. The number of ketones is 1. The molecule has 0 fully saturated rings. The molecule has 92 valence electrons. The highest BCUT2D eigenvalue weighted by Gasteiger charge is 2.27. The van der Waals surface area contributed by atoms with Crippen molar-refractivity contribution in [2.45, 2.75) is 32.8 Å². The van der Waals surface area contributed by atoms with Gasteiger partial charge >= 0.3 is 6.09 Å². The molecule has 1 aliphatic heterocycles. The van der Waals surface area contributed by atoms with E-state index in [0.29, 0.717) is 30.6 Å². The number of hydrogen-bond donors (Lipinski definition) is 0. The summed E-state index contributed by atoms with van der Waals surface area (Å²) in [4.78, 5) is 25.3. The van der Waals surface area contributed by atoms with Gasteiger partial charge in [0.1, 0.15) is 0 Å². The Morgan fingerprint density at radius 3 is 2.94 bits per heavy atom. The Hall–Kier alpha value is -1.36. The van der Waals surface area contributed by atoms with Gasteiger partial charge in [-0.15, -0.1) is 11.3 Å². The molecule has 0 saturated carbocycles. The Morgan fingerprint density at radius 1 is 1.47 bits per heavy atom. The van der Waals surface area contributed by atoms with Crippen molar-refractivity contribution in [3.05, 3.63) is 16.3 Å². The molecule has 1 aromatic heterocycles. The summed E-state index contributed by atoms with van der Waals surface area (Å²) in [6.07, 6.45) is 0.665. The largest absolute Gasteiger partial charge is 0.446 e. The summed E-state index contributed by atoms with van der Waals surface area (Å²) in [7, 11) is 0. The molecule has 0 spiro atoms. The fraction of sp³-hybridized carbons (Fsp3) is 0.500. The monoisotopic (exact) mass is 253 g/mol. The van der Waals surface area contributed by atoms with Crippen molar-refractivity contribution >= 4 is 28.9 Å². The molecule has 2 rings (SSSR count). The number of carbonyl (C=O) groups excluding carboxylic acids is 2. The van der Waals surface area contributed by atoms with Crippen LogP contribution in [0.4, 0.5) is 10.5 Å². The van der Waals surface area contributed by atoms with Crippen LogP contribution in [0.3, 0.4) is 0 Å².